The number of para-hydroxylation sites is 1. The van der Waals surface area contributed by atoms with E-state index in [4.69, 9.17) is 11.6 Å². The summed E-state index contributed by atoms with van der Waals surface area (Å²) >= 11 is 7.20. The van der Waals surface area contributed by atoms with Crippen LogP contribution in [0.3, 0.4) is 0 Å². The quantitative estimate of drug-likeness (QED) is 0.393. The molecule has 0 aliphatic heterocycles. The van der Waals surface area contributed by atoms with Gasteiger partial charge in [-0.25, -0.2) is 0 Å². The molecule has 3 rings (SSSR count). The van der Waals surface area contributed by atoms with Gasteiger partial charge in [-0.05, 0) is 38.1 Å². The van der Waals surface area contributed by atoms with Crippen molar-refractivity contribution in [3.8, 4) is 0 Å². The molecule has 1 heterocycles. The van der Waals surface area contributed by atoms with Gasteiger partial charge in [0.25, 0.3) is 0 Å². The summed E-state index contributed by atoms with van der Waals surface area (Å²) in [4.78, 5) is 27.6. The second kappa shape index (κ2) is 10.5. The van der Waals surface area contributed by atoms with Gasteiger partial charge in [0, 0.05) is 35.1 Å². The van der Waals surface area contributed by atoms with Gasteiger partial charge in [-0.2, -0.15) is 13.2 Å². The molecule has 33 heavy (non-hydrogen) atoms. The van der Waals surface area contributed by atoms with Crippen molar-refractivity contribution in [3.05, 3.63) is 59.2 Å². The number of likely N-dealkylation sites (N-methyl/N-ethyl adjacent to an activating group) is 1. The molecule has 0 unspecified atom stereocenters. The first-order chi connectivity index (χ1) is 15.6. The topological polar surface area (TPSA) is 54.3 Å². The SMILES string of the molecule is CCN(CC)C(=O)Cn1cc(SCC(=O)Nc2cc(C(F)(F)F)ccc2Cl)c2ccccc21. The zero-order valence-corrected chi connectivity index (χ0v) is 19.7. The van der Waals surface area contributed by atoms with E-state index in [-0.39, 0.29) is 28.9 Å². The second-order valence-corrected chi connectivity index (χ2v) is 8.66. The molecular formula is C23H23ClF3N3O2S. The molecule has 0 aliphatic rings. The molecule has 0 atom stereocenters. The maximum atomic E-state index is 13.0. The number of hydrogen-bond acceptors (Lipinski definition) is 3. The molecule has 3 aromatic rings. The smallest absolute Gasteiger partial charge is 0.342 e. The van der Waals surface area contributed by atoms with Crippen LogP contribution in [-0.4, -0.2) is 40.1 Å². The van der Waals surface area contributed by atoms with Crippen molar-refractivity contribution in [1.82, 2.24) is 9.47 Å². The lowest BCUT2D eigenvalue weighted by atomic mass is 10.2. The Balaban J connectivity index is 1.74. The summed E-state index contributed by atoms with van der Waals surface area (Å²) < 4.78 is 40.7. The molecule has 2 aromatic carbocycles. The lowest BCUT2D eigenvalue weighted by Crippen LogP contribution is -2.33. The van der Waals surface area contributed by atoms with Crippen LogP contribution in [0.25, 0.3) is 10.9 Å². The van der Waals surface area contributed by atoms with Crippen LogP contribution in [0, 0.1) is 0 Å². The lowest BCUT2D eigenvalue weighted by molar-refractivity contribution is -0.137. The Morgan fingerprint density at radius 2 is 1.82 bits per heavy atom. The number of aromatic nitrogens is 1. The first-order valence-corrected chi connectivity index (χ1v) is 11.7. The molecule has 0 saturated heterocycles. The fraction of sp³-hybridized carbons (Fsp3) is 0.304. The molecule has 1 N–H and O–H groups in total. The third-order valence-electron chi connectivity index (χ3n) is 5.10. The van der Waals surface area contributed by atoms with Crippen LogP contribution in [0.15, 0.2) is 53.6 Å². The van der Waals surface area contributed by atoms with Crippen LogP contribution in [0.2, 0.25) is 5.02 Å². The molecule has 5 nitrogen and oxygen atoms in total. The number of benzene rings is 2. The van der Waals surface area contributed by atoms with Crippen LogP contribution >= 0.6 is 23.4 Å². The molecule has 0 fully saturated rings. The van der Waals surface area contributed by atoms with Crippen LogP contribution in [-0.2, 0) is 22.3 Å². The van der Waals surface area contributed by atoms with E-state index in [0.29, 0.717) is 13.1 Å². The molecule has 176 valence electrons. The maximum Gasteiger partial charge on any atom is 0.416 e. The molecule has 10 heteroatoms. The van der Waals surface area contributed by atoms with Gasteiger partial charge in [-0.15, -0.1) is 11.8 Å². The van der Waals surface area contributed by atoms with Crippen molar-refractivity contribution >= 4 is 51.8 Å². The summed E-state index contributed by atoms with van der Waals surface area (Å²) in [5.41, 5.74) is -0.123. The summed E-state index contributed by atoms with van der Waals surface area (Å²) in [7, 11) is 0. The van der Waals surface area contributed by atoms with Gasteiger partial charge in [-0.1, -0.05) is 29.8 Å². The van der Waals surface area contributed by atoms with E-state index in [1.165, 1.54) is 11.8 Å². The van der Waals surface area contributed by atoms with Gasteiger partial charge >= 0.3 is 6.18 Å². The largest absolute Gasteiger partial charge is 0.416 e. The average Bonchev–Trinajstić information content (AvgIpc) is 3.11. The van der Waals surface area contributed by atoms with E-state index in [9.17, 15) is 22.8 Å². The van der Waals surface area contributed by atoms with E-state index in [1.807, 2.05) is 48.9 Å². The number of thioether (sulfide) groups is 1. The highest BCUT2D eigenvalue weighted by atomic mass is 35.5. The number of nitrogens with zero attached hydrogens (tertiary/aromatic N) is 2. The fourth-order valence-corrected chi connectivity index (χ4v) is 4.46. The number of carbonyl (C=O) groups is 2. The average molecular weight is 498 g/mol. The molecular weight excluding hydrogens is 475 g/mol. The number of carbonyl (C=O) groups excluding carboxylic acids is 2. The minimum Gasteiger partial charge on any atom is -0.342 e. The third kappa shape index (κ3) is 6.03. The van der Waals surface area contributed by atoms with E-state index < -0.39 is 17.6 Å². The van der Waals surface area contributed by atoms with Gasteiger partial charge in [-0.3, -0.25) is 9.59 Å². The maximum absolute atomic E-state index is 13.0. The Kier molecular flexibility index (Phi) is 7.97. The van der Waals surface area contributed by atoms with Crippen molar-refractivity contribution in [2.75, 3.05) is 24.2 Å². The summed E-state index contributed by atoms with van der Waals surface area (Å²) in [5, 5.41) is 3.36. The van der Waals surface area contributed by atoms with E-state index in [2.05, 4.69) is 5.32 Å². The van der Waals surface area contributed by atoms with Gasteiger partial charge in [0.05, 0.1) is 22.0 Å². The van der Waals surface area contributed by atoms with E-state index >= 15 is 0 Å². The molecule has 2 amide bonds. The van der Waals surface area contributed by atoms with E-state index in [0.717, 1.165) is 34.0 Å². The van der Waals surface area contributed by atoms with Crippen molar-refractivity contribution < 1.29 is 22.8 Å². The standard InChI is InChI=1S/C23H23ClF3N3O2S/c1-3-29(4-2)22(32)13-30-12-20(16-7-5-6-8-19(16)30)33-14-21(31)28-18-11-15(23(25,26)27)9-10-17(18)24/h5-12H,3-4,13-14H2,1-2H3,(H,28,31). The number of alkyl halides is 3. The Labute approximate surface area is 198 Å². The number of hydrogen-bond donors (Lipinski definition) is 1. The highest BCUT2D eigenvalue weighted by Gasteiger charge is 2.31. The molecule has 0 bridgehead atoms. The second-order valence-electron chi connectivity index (χ2n) is 7.23. The first kappa shape index (κ1) is 25.0. The highest BCUT2D eigenvalue weighted by Crippen LogP contribution is 2.34. The van der Waals surface area contributed by atoms with Gasteiger partial charge in [0.1, 0.15) is 6.54 Å². The summed E-state index contributed by atoms with van der Waals surface area (Å²) in [6.07, 6.45) is -2.72. The minimum absolute atomic E-state index is 0.00534. The molecule has 0 spiro atoms. The molecule has 0 radical (unpaired) electrons. The van der Waals surface area contributed by atoms with Crippen molar-refractivity contribution in [2.45, 2.75) is 31.5 Å². The van der Waals surface area contributed by atoms with Crippen molar-refractivity contribution in [3.63, 3.8) is 0 Å². The van der Waals surface area contributed by atoms with Crippen LogP contribution in [0.5, 0.6) is 0 Å². The zero-order chi connectivity index (χ0) is 24.2. The number of fused-ring (bicyclic) bond motifs is 1. The lowest BCUT2D eigenvalue weighted by Gasteiger charge is -2.19. The Morgan fingerprint density at radius 1 is 1.12 bits per heavy atom. The zero-order valence-electron chi connectivity index (χ0n) is 18.1. The Hall–Kier alpha value is -2.65. The van der Waals surface area contributed by atoms with Gasteiger partial charge in [0.15, 0.2) is 0 Å². The summed E-state index contributed by atoms with van der Waals surface area (Å²) in [5.74, 6) is -0.531. The minimum atomic E-state index is -4.54. The Bertz CT molecular complexity index is 1160. The number of halogens is 4. The summed E-state index contributed by atoms with van der Waals surface area (Å²) in [6.45, 7) is 5.26. The summed E-state index contributed by atoms with van der Waals surface area (Å²) in [6, 6.07) is 10.3. The predicted molar refractivity (Wildman–Crippen MR) is 126 cm³/mol. The van der Waals surface area contributed by atoms with Crippen molar-refractivity contribution in [1.29, 1.82) is 0 Å². The number of anilines is 1. The number of rotatable bonds is 8. The van der Waals surface area contributed by atoms with Crippen LogP contribution in [0.4, 0.5) is 18.9 Å². The van der Waals surface area contributed by atoms with Crippen LogP contribution in [0.1, 0.15) is 19.4 Å². The fourth-order valence-electron chi connectivity index (χ4n) is 3.41. The Morgan fingerprint density at radius 3 is 2.48 bits per heavy atom. The van der Waals surface area contributed by atoms with E-state index in [1.54, 1.807) is 4.90 Å². The normalized spacial score (nSPS) is 11.6. The van der Waals surface area contributed by atoms with Gasteiger partial charge in [0.2, 0.25) is 11.8 Å². The third-order valence-corrected chi connectivity index (χ3v) is 6.47. The monoisotopic (exact) mass is 497 g/mol. The van der Waals surface area contributed by atoms with Crippen LogP contribution < -0.4 is 5.32 Å². The number of nitrogens with one attached hydrogen (secondary N) is 1. The number of amides is 2. The predicted octanol–water partition coefficient (Wildman–Crippen LogP) is 5.91. The van der Waals surface area contributed by atoms with Gasteiger partial charge < -0.3 is 14.8 Å². The molecule has 0 aliphatic carbocycles. The highest BCUT2D eigenvalue weighted by molar-refractivity contribution is 8.00. The molecule has 1 aromatic heterocycles. The van der Waals surface area contributed by atoms with Crippen molar-refractivity contribution in [2.24, 2.45) is 0 Å². The molecule has 0 saturated carbocycles. The first-order valence-electron chi connectivity index (χ1n) is 10.3.